The molecule has 0 unspecified atom stereocenters. The van der Waals surface area contributed by atoms with Crippen LogP contribution in [0.25, 0.3) is 0 Å². The molecule has 0 aliphatic carbocycles. The van der Waals surface area contributed by atoms with Gasteiger partial charge in [-0.3, -0.25) is 4.79 Å². The van der Waals surface area contributed by atoms with Gasteiger partial charge in [-0.1, -0.05) is 19.9 Å². The molecule has 1 amide bonds. The Kier molecular flexibility index (Phi) is 5.82. The standard InChI is InChI=1S/C15H24N2O3/c1-5-15(16,6-2)14(18)17-10-11-7-8-12(19-3)13(9-11)20-4/h7-9H,5-6,10,16H2,1-4H3,(H,17,18). The second-order valence-electron chi connectivity index (χ2n) is 4.74. The summed E-state index contributed by atoms with van der Waals surface area (Å²) in [5.74, 6) is 1.18. The fourth-order valence-electron chi connectivity index (χ4n) is 1.92. The van der Waals surface area contributed by atoms with E-state index in [4.69, 9.17) is 15.2 Å². The van der Waals surface area contributed by atoms with Crippen LogP contribution in [0.1, 0.15) is 32.3 Å². The molecule has 0 atom stereocenters. The Labute approximate surface area is 120 Å². The second kappa shape index (κ2) is 7.14. The summed E-state index contributed by atoms with van der Waals surface area (Å²) in [6.45, 7) is 4.25. The number of methoxy groups -OCH3 is 2. The number of nitrogens with one attached hydrogen (secondary N) is 1. The molecule has 1 aromatic carbocycles. The van der Waals surface area contributed by atoms with Crippen LogP contribution in [0.5, 0.6) is 11.5 Å². The molecule has 0 spiro atoms. The van der Waals surface area contributed by atoms with Gasteiger partial charge in [0.25, 0.3) is 0 Å². The Balaban J connectivity index is 2.73. The lowest BCUT2D eigenvalue weighted by molar-refractivity contribution is -0.126. The molecule has 0 radical (unpaired) electrons. The molecule has 0 bridgehead atoms. The number of ether oxygens (including phenoxy) is 2. The first-order valence-electron chi connectivity index (χ1n) is 6.78. The van der Waals surface area contributed by atoms with Crippen LogP contribution in [0.2, 0.25) is 0 Å². The third kappa shape index (κ3) is 3.63. The molecule has 0 aliphatic heterocycles. The Morgan fingerprint density at radius 3 is 2.30 bits per heavy atom. The first kappa shape index (κ1) is 16.3. The summed E-state index contributed by atoms with van der Waals surface area (Å²) in [5.41, 5.74) is 6.19. The van der Waals surface area contributed by atoms with Crippen molar-refractivity contribution in [1.82, 2.24) is 5.32 Å². The van der Waals surface area contributed by atoms with Gasteiger partial charge >= 0.3 is 0 Å². The Hall–Kier alpha value is -1.75. The lowest BCUT2D eigenvalue weighted by atomic mass is 9.93. The van der Waals surface area contributed by atoms with Crippen LogP contribution in [0.4, 0.5) is 0 Å². The van der Waals surface area contributed by atoms with Crippen molar-refractivity contribution in [3.8, 4) is 11.5 Å². The van der Waals surface area contributed by atoms with Crippen molar-refractivity contribution in [3.63, 3.8) is 0 Å². The van der Waals surface area contributed by atoms with Crippen LogP contribution in [-0.4, -0.2) is 25.7 Å². The van der Waals surface area contributed by atoms with Crippen molar-refractivity contribution >= 4 is 5.91 Å². The molecule has 0 aromatic heterocycles. The molecule has 0 fully saturated rings. The van der Waals surface area contributed by atoms with Crippen LogP contribution >= 0.6 is 0 Å². The molecule has 0 heterocycles. The number of benzene rings is 1. The molecule has 5 nitrogen and oxygen atoms in total. The van der Waals surface area contributed by atoms with E-state index in [1.165, 1.54) is 0 Å². The van der Waals surface area contributed by atoms with Crippen LogP contribution in [0.3, 0.4) is 0 Å². The molecule has 3 N–H and O–H groups in total. The average Bonchev–Trinajstić information content (AvgIpc) is 2.51. The van der Waals surface area contributed by atoms with Gasteiger partial charge < -0.3 is 20.5 Å². The third-order valence-electron chi connectivity index (χ3n) is 3.62. The fraction of sp³-hybridized carbons (Fsp3) is 0.533. The quantitative estimate of drug-likeness (QED) is 0.799. The Morgan fingerprint density at radius 1 is 1.20 bits per heavy atom. The highest BCUT2D eigenvalue weighted by Crippen LogP contribution is 2.27. The summed E-state index contributed by atoms with van der Waals surface area (Å²) in [6, 6.07) is 5.54. The number of hydrogen-bond acceptors (Lipinski definition) is 4. The molecule has 1 aromatic rings. The number of hydrogen-bond donors (Lipinski definition) is 2. The summed E-state index contributed by atoms with van der Waals surface area (Å²) in [4.78, 5) is 12.1. The molecular formula is C15H24N2O3. The van der Waals surface area contributed by atoms with Gasteiger partial charge in [-0.15, -0.1) is 0 Å². The second-order valence-corrected chi connectivity index (χ2v) is 4.74. The summed E-state index contributed by atoms with van der Waals surface area (Å²) in [7, 11) is 3.17. The largest absolute Gasteiger partial charge is 0.493 e. The zero-order valence-corrected chi connectivity index (χ0v) is 12.7. The van der Waals surface area contributed by atoms with Gasteiger partial charge in [0.15, 0.2) is 11.5 Å². The highest BCUT2D eigenvalue weighted by Gasteiger charge is 2.29. The van der Waals surface area contributed by atoms with Crippen molar-refractivity contribution in [2.45, 2.75) is 38.8 Å². The summed E-state index contributed by atoms with van der Waals surface area (Å²) in [5, 5.41) is 2.87. The summed E-state index contributed by atoms with van der Waals surface area (Å²) >= 11 is 0. The molecule has 112 valence electrons. The van der Waals surface area contributed by atoms with Gasteiger partial charge in [0.05, 0.1) is 19.8 Å². The predicted molar refractivity (Wildman–Crippen MR) is 78.9 cm³/mol. The molecule has 1 rings (SSSR count). The predicted octanol–water partition coefficient (Wildman–Crippen LogP) is 1.84. The maximum Gasteiger partial charge on any atom is 0.240 e. The minimum atomic E-state index is -0.795. The van der Waals surface area contributed by atoms with Gasteiger partial charge in [0, 0.05) is 6.54 Å². The van der Waals surface area contributed by atoms with Crippen LogP contribution in [0, 0.1) is 0 Å². The van der Waals surface area contributed by atoms with E-state index >= 15 is 0 Å². The van der Waals surface area contributed by atoms with E-state index < -0.39 is 5.54 Å². The number of carbonyl (C=O) groups is 1. The maximum atomic E-state index is 12.1. The van der Waals surface area contributed by atoms with Crippen molar-refractivity contribution in [3.05, 3.63) is 23.8 Å². The monoisotopic (exact) mass is 280 g/mol. The number of nitrogens with two attached hydrogens (primary N) is 1. The first-order chi connectivity index (χ1) is 9.50. The summed E-state index contributed by atoms with van der Waals surface area (Å²) in [6.07, 6.45) is 1.22. The Bertz CT molecular complexity index is 456. The Morgan fingerprint density at radius 2 is 1.80 bits per heavy atom. The highest BCUT2D eigenvalue weighted by atomic mass is 16.5. The smallest absolute Gasteiger partial charge is 0.240 e. The van der Waals surface area contributed by atoms with Crippen LogP contribution in [0.15, 0.2) is 18.2 Å². The van der Waals surface area contributed by atoms with Gasteiger partial charge in [0.2, 0.25) is 5.91 Å². The third-order valence-corrected chi connectivity index (χ3v) is 3.62. The summed E-state index contributed by atoms with van der Waals surface area (Å²) < 4.78 is 10.4. The van der Waals surface area contributed by atoms with E-state index in [1.54, 1.807) is 14.2 Å². The van der Waals surface area contributed by atoms with E-state index in [0.717, 1.165) is 5.56 Å². The molecular weight excluding hydrogens is 256 g/mol. The van der Waals surface area contributed by atoms with Gasteiger partial charge in [-0.2, -0.15) is 0 Å². The van der Waals surface area contributed by atoms with Crippen molar-refractivity contribution in [2.24, 2.45) is 5.73 Å². The number of amides is 1. The van der Waals surface area contributed by atoms with E-state index in [1.807, 2.05) is 32.0 Å². The molecule has 5 heteroatoms. The SMILES string of the molecule is CCC(N)(CC)C(=O)NCc1ccc(OC)c(OC)c1. The maximum absolute atomic E-state index is 12.1. The normalized spacial score (nSPS) is 11.1. The van der Waals surface area contributed by atoms with E-state index in [-0.39, 0.29) is 5.91 Å². The van der Waals surface area contributed by atoms with Gasteiger partial charge in [-0.05, 0) is 30.5 Å². The molecule has 0 aliphatic rings. The highest BCUT2D eigenvalue weighted by molar-refractivity contribution is 5.85. The van der Waals surface area contributed by atoms with Gasteiger partial charge in [0.1, 0.15) is 0 Å². The molecule has 0 saturated heterocycles. The van der Waals surface area contributed by atoms with E-state index in [2.05, 4.69) is 5.32 Å². The van der Waals surface area contributed by atoms with E-state index in [9.17, 15) is 4.79 Å². The first-order valence-corrected chi connectivity index (χ1v) is 6.78. The number of rotatable bonds is 7. The topological polar surface area (TPSA) is 73.6 Å². The minimum Gasteiger partial charge on any atom is -0.493 e. The van der Waals surface area contributed by atoms with E-state index in [0.29, 0.717) is 30.9 Å². The van der Waals surface area contributed by atoms with Crippen molar-refractivity contribution in [2.75, 3.05) is 14.2 Å². The number of carbonyl (C=O) groups excluding carboxylic acids is 1. The molecule has 20 heavy (non-hydrogen) atoms. The lowest BCUT2D eigenvalue weighted by Gasteiger charge is -2.25. The van der Waals surface area contributed by atoms with Crippen LogP contribution in [-0.2, 0) is 11.3 Å². The minimum absolute atomic E-state index is 0.128. The fourth-order valence-corrected chi connectivity index (χ4v) is 1.92. The lowest BCUT2D eigenvalue weighted by Crippen LogP contribution is -2.52. The van der Waals surface area contributed by atoms with Gasteiger partial charge in [-0.25, -0.2) is 0 Å². The zero-order valence-electron chi connectivity index (χ0n) is 12.7. The van der Waals surface area contributed by atoms with Crippen molar-refractivity contribution in [1.29, 1.82) is 0 Å². The molecule has 0 saturated carbocycles. The zero-order chi connectivity index (χ0) is 15.2. The van der Waals surface area contributed by atoms with Crippen molar-refractivity contribution < 1.29 is 14.3 Å². The average molecular weight is 280 g/mol. The van der Waals surface area contributed by atoms with Crippen LogP contribution < -0.4 is 20.5 Å².